The van der Waals surface area contributed by atoms with Gasteiger partial charge in [0, 0.05) is 17.3 Å². The van der Waals surface area contributed by atoms with Crippen molar-refractivity contribution >= 4 is 58.1 Å². The van der Waals surface area contributed by atoms with E-state index >= 15 is 0 Å². The van der Waals surface area contributed by atoms with Crippen molar-refractivity contribution in [1.29, 1.82) is 0 Å². The second-order valence-electron chi connectivity index (χ2n) is 8.57. The number of carbonyl (C=O) groups excluding carboxylic acids is 3. The van der Waals surface area contributed by atoms with E-state index in [-0.39, 0.29) is 24.0 Å². The van der Waals surface area contributed by atoms with Gasteiger partial charge in [-0.15, -0.1) is 0 Å². The number of carbonyl (C=O) groups is 3. The van der Waals surface area contributed by atoms with Crippen LogP contribution in [0.3, 0.4) is 0 Å². The van der Waals surface area contributed by atoms with Gasteiger partial charge in [-0.05, 0) is 91.8 Å². The van der Waals surface area contributed by atoms with Gasteiger partial charge in [0.15, 0.2) is 5.11 Å². The molecular weight excluding hydrogens is 529 g/mol. The normalized spacial score (nSPS) is 15.1. The van der Waals surface area contributed by atoms with E-state index in [1.165, 1.54) is 29.2 Å². The number of benzene rings is 3. The van der Waals surface area contributed by atoms with Gasteiger partial charge in [-0.2, -0.15) is 0 Å². The van der Waals surface area contributed by atoms with E-state index < -0.39 is 23.7 Å². The molecule has 3 aromatic carbocycles. The molecule has 2 amide bonds. The van der Waals surface area contributed by atoms with Gasteiger partial charge in [-0.1, -0.05) is 23.7 Å². The molecule has 0 radical (unpaired) electrons. The maximum absolute atomic E-state index is 13.5. The van der Waals surface area contributed by atoms with Crippen LogP contribution in [0, 0.1) is 5.82 Å². The van der Waals surface area contributed by atoms with E-state index in [1.54, 1.807) is 48.2 Å². The van der Waals surface area contributed by atoms with E-state index in [2.05, 4.69) is 5.32 Å². The second kappa shape index (κ2) is 12.1. The average Bonchev–Trinajstić information content (AvgIpc) is 3.13. The van der Waals surface area contributed by atoms with E-state index in [9.17, 15) is 18.8 Å². The van der Waals surface area contributed by atoms with Crippen LogP contribution in [0.15, 0.2) is 72.8 Å². The third-order valence-electron chi connectivity index (χ3n) is 6.02. The number of ether oxygens (including phenoxy) is 1. The summed E-state index contributed by atoms with van der Waals surface area (Å²) in [6, 6.07) is 18.3. The van der Waals surface area contributed by atoms with Crippen LogP contribution in [0.2, 0.25) is 5.02 Å². The molecule has 1 aliphatic heterocycles. The summed E-state index contributed by atoms with van der Waals surface area (Å²) in [4.78, 5) is 41.4. The van der Waals surface area contributed by atoms with Gasteiger partial charge in [-0.3, -0.25) is 14.5 Å². The lowest BCUT2D eigenvalue weighted by Gasteiger charge is -2.24. The van der Waals surface area contributed by atoms with Crippen LogP contribution in [0.5, 0.6) is 0 Å². The molecule has 10 heteroatoms. The smallest absolute Gasteiger partial charge is 0.338 e. The van der Waals surface area contributed by atoms with Crippen molar-refractivity contribution in [2.24, 2.45) is 0 Å². The lowest BCUT2D eigenvalue weighted by Crippen LogP contribution is -2.39. The highest BCUT2D eigenvalue weighted by atomic mass is 35.5. The van der Waals surface area contributed by atoms with Gasteiger partial charge in [0.1, 0.15) is 11.9 Å². The molecule has 0 bridgehead atoms. The number of nitrogens with one attached hydrogen (secondary N) is 1. The number of rotatable bonds is 9. The Morgan fingerprint density at radius 3 is 2.32 bits per heavy atom. The van der Waals surface area contributed by atoms with Gasteiger partial charge >= 0.3 is 5.97 Å². The Kier molecular flexibility index (Phi) is 8.70. The molecule has 0 aliphatic carbocycles. The van der Waals surface area contributed by atoms with Gasteiger partial charge in [0.25, 0.3) is 5.91 Å². The Hall–Kier alpha value is -3.82. The number of halogens is 2. The van der Waals surface area contributed by atoms with Crippen molar-refractivity contribution in [3.8, 4) is 0 Å². The first-order chi connectivity index (χ1) is 18.3. The van der Waals surface area contributed by atoms with Crippen LogP contribution in [-0.4, -0.2) is 47.0 Å². The zero-order valence-electron chi connectivity index (χ0n) is 20.5. The SMILES string of the molecule is CCOC(=O)c1ccc(NC(=O)C[C@H]2C(=O)N(c3ccc(F)cc3)C(=S)N2CCc2ccc(Cl)cc2)cc1. The number of hydrogen-bond donors (Lipinski definition) is 1. The minimum absolute atomic E-state index is 0.156. The predicted octanol–water partition coefficient (Wildman–Crippen LogP) is 5.23. The van der Waals surface area contributed by atoms with Gasteiger partial charge < -0.3 is 15.0 Å². The average molecular weight is 554 g/mol. The zero-order valence-corrected chi connectivity index (χ0v) is 22.1. The van der Waals surface area contributed by atoms with Crippen LogP contribution in [0.25, 0.3) is 0 Å². The molecule has 1 saturated heterocycles. The molecule has 0 unspecified atom stereocenters. The highest BCUT2D eigenvalue weighted by molar-refractivity contribution is 7.80. The van der Waals surface area contributed by atoms with Crippen molar-refractivity contribution in [1.82, 2.24) is 4.90 Å². The largest absolute Gasteiger partial charge is 0.462 e. The first-order valence-corrected chi connectivity index (χ1v) is 12.8. The van der Waals surface area contributed by atoms with E-state index in [4.69, 9.17) is 28.6 Å². The van der Waals surface area contributed by atoms with Crippen molar-refractivity contribution < 1.29 is 23.5 Å². The molecule has 1 aliphatic rings. The van der Waals surface area contributed by atoms with E-state index in [0.29, 0.717) is 34.9 Å². The summed E-state index contributed by atoms with van der Waals surface area (Å²) in [6.07, 6.45) is 0.409. The minimum atomic E-state index is -0.848. The molecule has 0 saturated carbocycles. The van der Waals surface area contributed by atoms with E-state index in [0.717, 1.165) is 5.56 Å². The van der Waals surface area contributed by atoms with Crippen LogP contribution < -0.4 is 10.2 Å². The fourth-order valence-electron chi connectivity index (χ4n) is 4.11. The summed E-state index contributed by atoms with van der Waals surface area (Å²) in [6.45, 7) is 2.37. The van der Waals surface area contributed by atoms with Crippen molar-refractivity contribution in [2.45, 2.75) is 25.8 Å². The standard InChI is InChI=1S/C28H25ClFN3O4S/c1-2-37-27(36)19-5-11-22(12-6-19)31-25(34)17-24-26(35)33(23-13-9-21(30)10-14-23)28(38)32(24)16-15-18-3-7-20(29)8-4-18/h3-14,24H,2,15-17H2,1H3,(H,31,34)/t24-/m0/s1. The quantitative estimate of drug-likeness (QED) is 0.289. The fourth-order valence-corrected chi connectivity index (χ4v) is 4.65. The maximum Gasteiger partial charge on any atom is 0.338 e. The Balaban J connectivity index is 1.51. The highest BCUT2D eigenvalue weighted by Gasteiger charge is 2.43. The van der Waals surface area contributed by atoms with Crippen LogP contribution in [-0.2, 0) is 20.7 Å². The summed E-state index contributed by atoms with van der Waals surface area (Å²) >= 11 is 11.6. The Bertz CT molecular complexity index is 1330. The molecule has 1 fully saturated rings. The third-order valence-corrected chi connectivity index (χ3v) is 6.69. The minimum Gasteiger partial charge on any atom is -0.462 e. The van der Waals surface area contributed by atoms with Crippen molar-refractivity contribution in [2.75, 3.05) is 23.4 Å². The molecule has 3 aromatic rings. The summed E-state index contributed by atoms with van der Waals surface area (Å²) in [5.74, 6) is -1.65. The molecule has 7 nitrogen and oxygen atoms in total. The Labute approximate surface area is 230 Å². The monoisotopic (exact) mass is 553 g/mol. The summed E-state index contributed by atoms with van der Waals surface area (Å²) in [5, 5.41) is 3.63. The number of amides is 2. The molecule has 4 rings (SSSR count). The third kappa shape index (κ3) is 6.35. The summed E-state index contributed by atoms with van der Waals surface area (Å²) in [7, 11) is 0. The topological polar surface area (TPSA) is 78.9 Å². The Morgan fingerprint density at radius 1 is 1.03 bits per heavy atom. The van der Waals surface area contributed by atoms with Crippen LogP contribution >= 0.6 is 23.8 Å². The predicted molar refractivity (Wildman–Crippen MR) is 148 cm³/mol. The highest BCUT2D eigenvalue weighted by Crippen LogP contribution is 2.28. The molecule has 1 heterocycles. The van der Waals surface area contributed by atoms with Gasteiger partial charge in [0.2, 0.25) is 5.91 Å². The fraction of sp³-hybridized carbons (Fsp3) is 0.214. The summed E-state index contributed by atoms with van der Waals surface area (Å²) < 4.78 is 18.5. The van der Waals surface area contributed by atoms with Crippen molar-refractivity contribution in [3.63, 3.8) is 0 Å². The molecule has 0 aromatic heterocycles. The first-order valence-electron chi connectivity index (χ1n) is 12.0. The molecule has 196 valence electrons. The number of esters is 1. The lowest BCUT2D eigenvalue weighted by molar-refractivity contribution is -0.124. The zero-order chi connectivity index (χ0) is 27.2. The molecular formula is C28H25ClFN3O4S. The van der Waals surface area contributed by atoms with Crippen LogP contribution in [0.1, 0.15) is 29.3 Å². The van der Waals surface area contributed by atoms with E-state index in [1.807, 2.05) is 12.1 Å². The number of hydrogen-bond acceptors (Lipinski definition) is 5. The van der Waals surface area contributed by atoms with Crippen molar-refractivity contribution in [3.05, 3.63) is 94.8 Å². The summed E-state index contributed by atoms with van der Waals surface area (Å²) in [5.41, 5.74) is 2.26. The lowest BCUT2D eigenvalue weighted by atomic mass is 10.1. The number of thiocarbonyl (C=S) groups is 1. The van der Waals surface area contributed by atoms with Crippen LogP contribution in [0.4, 0.5) is 15.8 Å². The van der Waals surface area contributed by atoms with Gasteiger partial charge in [-0.25, -0.2) is 9.18 Å². The second-order valence-corrected chi connectivity index (χ2v) is 9.37. The Morgan fingerprint density at radius 2 is 1.68 bits per heavy atom. The van der Waals surface area contributed by atoms with Gasteiger partial charge in [0.05, 0.1) is 24.3 Å². The molecule has 0 spiro atoms. The first kappa shape index (κ1) is 27.2. The maximum atomic E-state index is 13.5. The molecule has 38 heavy (non-hydrogen) atoms. The molecule has 1 N–H and O–H groups in total. The molecule has 1 atom stereocenters. The number of nitrogens with zero attached hydrogens (tertiary/aromatic N) is 2. The number of anilines is 2.